The predicted molar refractivity (Wildman–Crippen MR) is 81.1 cm³/mol. The zero-order valence-corrected chi connectivity index (χ0v) is 13.0. The Morgan fingerprint density at radius 2 is 1.91 bits per heavy atom. The van der Waals surface area contributed by atoms with Gasteiger partial charge < -0.3 is 19.9 Å². The van der Waals surface area contributed by atoms with Crippen LogP contribution in [0.5, 0.6) is 0 Å². The van der Waals surface area contributed by atoms with Crippen molar-refractivity contribution in [3.8, 4) is 0 Å². The van der Waals surface area contributed by atoms with Crippen molar-refractivity contribution >= 4 is 12.1 Å². The molecule has 2 N–H and O–H groups in total. The summed E-state index contributed by atoms with van der Waals surface area (Å²) in [6.45, 7) is 3.76. The van der Waals surface area contributed by atoms with E-state index in [0.717, 1.165) is 5.56 Å². The summed E-state index contributed by atoms with van der Waals surface area (Å²) >= 11 is 0. The van der Waals surface area contributed by atoms with Crippen molar-refractivity contribution in [2.24, 2.45) is 5.92 Å². The lowest BCUT2D eigenvalue weighted by Gasteiger charge is -2.18. The molecule has 0 saturated heterocycles. The van der Waals surface area contributed by atoms with Gasteiger partial charge in [-0.1, -0.05) is 37.3 Å². The number of alkyl carbamates (subject to hydrolysis) is 1. The Balaban J connectivity index is 2.37. The minimum absolute atomic E-state index is 0.0339. The number of benzene rings is 1. The van der Waals surface area contributed by atoms with Gasteiger partial charge in [0.05, 0.1) is 18.6 Å². The molecule has 0 aliphatic heterocycles. The lowest BCUT2D eigenvalue weighted by atomic mass is 10.0. The van der Waals surface area contributed by atoms with Gasteiger partial charge in [0.2, 0.25) is 0 Å². The zero-order valence-electron chi connectivity index (χ0n) is 13.0. The first-order valence-electron chi connectivity index (χ1n) is 7.33. The number of aliphatic hydroxyl groups is 1. The zero-order chi connectivity index (χ0) is 16.4. The van der Waals surface area contributed by atoms with Gasteiger partial charge in [0.1, 0.15) is 6.61 Å². The number of ether oxygens (including phenoxy) is 2. The molecular weight excluding hydrogens is 286 g/mol. The number of aliphatic hydroxyl groups excluding tert-OH is 1. The first kappa shape index (κ1) is 18.0. The van der Waals surface area contributed by atoms with Crippen LogP contribution < -0.4 is 5.32 Å². The van der Waals surface area contributed by atoms with Gasteiger partial charge in [0.15, 0.2) is 0 Å². The third-order valence-corrected chi connectivity index (χ3v) is 3.01. The summed E-state index contributed by atoms with van der Waals surface area (Å²) in [5, 5.41) is 12.1. The van der Waals surface area contributed by atoms with Crippen molar-refractivity contribution in [3.63, 3.8) is 0 Å². The van der Waals surface area contributed by atoms with Crippen LogP contribution >= 0.6 is 0 Å². The van der Waals surface area contributed by atoms with Crippen LogP contribution in [0.1, 0.15) is 25.8 Å². The minimum Gasteiger partial charge on any atom is -0.465 e. The molecule has 0 fully saturated rings. The molecule has 0 saturated carbocycles. The maximum absolute atomic E-state index is 11.8. The van der Waals surface area contributed by atoms with Crippen molar-refractivity contribution in [1.29, 1.82) is 0 Å². The van der Waals surface area contributed by atoms with Crippen LogP contribution in [0, 0.1) is 5.92 Å². The monoisotopic (exact) mass is 309 g/mol. The summed E-state index contributed by atoms with van der Waals surface area (Å²) in [7, 11) is 0. The summed E-state index contributed by atoms with van der Waals surface area (Å²) in [4.78, 5) is 23.4. The number of hydrogen-bond acceptors (Lipinski definition) is 5. The molecule has 0 radical (unpaired) electrons. The fraction of sp³-hybridized carbons (Fsp3) is 0.500. The van der Waals surface area contributed by atoms with Crippen LogP contribution in [0.15, 0.2) is 30.3 Å². The van der Waals surface area contributed by atoms with Crippen LogP contribution in [-0.2, 0) is 20.9 Å². The summed E-state index contributed by atoms with van der Waals surface area (Å²) in [5.41, 5.74) is 0.868. The maximum atomic E-state index is 11.8. The molecule has 0 heterocycles. The number of hydrogen-bond donors (Lipinski definition) is 2. The molecule has 1 aromatic rings. The van der Waals surface area contributed by atoms with Gasteiger partial charge >= 0.3 is 12.1 Å². The molecule has 6 heteroatoms. The first-order chi connectivity index (χ1) is 10.5. The maximum Gasteiger partial charge on any atom is 0.407 e. The third-order valence-electron chi connectivity index (χ3n) is 3.01. The normalized spacial score (nSPS) is 13.0. The van der Waals surface area contributed by atoms with Crippen LogP contribution in [0.4, 0.5) is 4.79 Å². The van der Waals surface area contributed by atoms with E-state index in [1.807, 2.05) is 37.3 Å². The Hall–Kier alpha value is -2.08. The summed E-state index contributed by atoms with van der Waals surface area (Å²) in [5.74, 6) is -1.34. The SMILES string of the molecule is CCCOC(=O)[C@@H](CNC(=O)OCc1ccccc1)[C@@H](C)O. The molecule has 6 nitrogen and oxygen atoms in total. The molecule has 0 aliphatic carbocycles. The molecule has 1 amide bonds. The average Bonchev–Trinajstić information content (AvgIpc) is 2.51. The molecule has 0 spiro atoms. The summed E-state index contributed by atoms with van der Waals surface area (Å²) in [6, 6.07) is 9.26. The molecule has 22 heavy (non-hydrogen) atoms. The van der Waals surface area contributed by atoms with E-state index in [4.69, 9.17) is 9.47 Å². The number of carbonyl (C=O) groups is 2. The Labute approximate surface area is 130 Å². The second-order valence-corrected chi connectivity index (χ2v) is 4.96. The Bertz CT molecular complexity index is 461. The Kier molecular flexibility index (Phi) is 7.99. The molecule has 0 aromatic heterocycles. The summed E-state index contributed by atoms with van der Waals surface area (Å²) < 4.78 is 10.0. The van der Waals surface area contributed by atoms with E-state index >= 15 is 0 Å². The van der Waals surface area contributed by atoms with E-state index < -0.39 is 24.1 Å². The Morgan fingerprint density at radius 3 is 2.50 bits per heavy atom. The van der Waals surface area contributed by atoms with Gasteiger partial charge in [-0.25, -0.2) is 4.79 Å². The van der Waals surface area contributed by atoms with Crippen LogP contribution in [0.2, 0.25) is 0 Å². The number of esters is 1. The molecule has 1 aromatic carbocycles. The molecule has 0 unspecified atom stereocenters. The number of nitrogens with one attached hydrogen (secondary N) is 1. The predicted octanol–water partition coefficient (Wildman–Crippen LogP) is 1.86. The molecule has 122 valence electrons. The summed E-state index contributed by atoms with van der Waals surface area (Å²) in [6.07, 6.45) is -0.860. The van der Waals surface area contributed by atoms with E-state index in [2.05, 4.69) is 5.32 Å². The Morgan fingerprint density at radius 1 is 1.23 bits per heavy atom. The number of amides is 1. The van der Waals surface area contributed by atoms with E-state index in [-0.39, 0.29) is 13.2 Å². The lowest BCUT2D eigenvalue weighted by Crippen LogP contribution is -2.39. The van der Waals surface area contributed by atoms with Crippen molar-refractivity contribution in [2.75, 3.05) is 13.2 Å². The van der Waals surface area contributed by atoms with E-state index in [1.54, 1.807) is 0 Å². The highest BCUT2D eigenvalue weighted by Gasteiger charge is 2.25. The van der Waals surface area contributed by atoms with Gasteiger partial charge in [-0.3, -0.25) is 4.79 Å². The second kappa shape index (κ2) is 9.78. The van der Waals surface area contributed by atoms with E-state index in [9.17, 15) is 14.7 Å². The molecule has 0 bridgehead atoms. The first-order valence-corrected chi connectivity index (χ1v) is 7.33. The average molecular weight is 309 g/mol. The molecule has 0 aliphatic rings. The minimum atomic E-state index is -0.918. The highest BCUT2D eigenvalue weighted by Crippen LogP contribution is 2.06. The van der Waals surface area contributed by atoms with Crippen LogP contribution in [0.3, 0.4) is 0 Å². The number of carbonyl (C=O) groups excluding carboxylic acids is 2. The quantitative estimate of drug-likeness (QED) is 0.716. The molecule has 2 atom stereocenters. The standard InChI is InChI=1S/C16H23NO5/c1-3-9-21-15(19)14(12(2)18)10-17-16(20)22-11-13-7-5-4-6-8-13/h4-8,12,14,18H,3,9-11H2,1-2H3,(H,17,20)/t12-,14+/m1/s1. The van der Waals surface area contributed by atoms with Crippen molar-refractivity contribution in [3.05, 3.63) is 35.9 Å². The van der Waals surface area contributed by atoms with E-state index in [0.29, 0.717) is 13.0 Å². The highest BCUT2D eigenvalue weighted by atomic mass is 16.5. The second-order valence-electron chi connectivity index (χ2n) is 4.96. The van der Waals surface area contributed by atoms with Crippen molar-refractivity contribution in [1.82, 2.24) is 5.32 Å². The van der Waals surface area contributed by atoms with Crippen molar-refractivity contribution < 1.29 is 24.2 Å². The van der Waals surface area contributed by atoms with E-state index in [1.165, 1.54) is 6.92 Å². The van der Waals surface area contributed by atoms with Gasteiger partial charge in [0, 0.05) is 6.54 Å². The largest absolute Gasteiger partial charge is 0.465 e. The smallest absolute Gasteiger partial charge is 0.407 e. The van der Waals surface area contributed by atoms with Gasteiger partial charge in [-0.05, 0) is 18.9 Å². The molecule has 1 rings (SSSR count). The highest BCUT2D eigenvalue weighted by molar-refractivity contribution is 5.74. The fourth-order valence-corrected chi connectivity index (χ4v) is 1.73. The van der Waals surface area contributed by atoms with Crippen LogP contribution in [-0.4, -0.2) is 36.4 Å². The number of rotatable bonds is 8. The van der Waals surface area contributed by atoms with Crippen LogP contribution in [0.25, 0.3) is 0 Å². The topological polar surface area (TPSA) is 84.9 Å². The van der Waals surface area contributed by atoms with Crippen molar-refractivity contribution in [2.45, 2.75) is 33.0 Å². The third kappa shape index (κ3) is 6.58. The van der Waals surface area contributed by atoms with Gasteiger partial charge in [-0.2, -0.15) is 0 Å². The van der Waals surface area contributed by atoms with Gasteiger partial charge in [-0.15, -0.1) is 0 Å². The fourth-order valence-electron chi connectivity index (χ4n) is 1.73. The lowest BCUT2D eigenvalue weighted by molar-refractivity contribution is -0.151. The molecular formula is C16H23NO5. The van der Waals surface area contributed by atoms with Gasteiger partial charge in [0.25, 0.3) is 0 Å².